The van der Waals surface area contributed by atoms with Crippen LogP contribution in [-0.4, -0.2) is 45.6 Å². The van der Waals surface area contributed by atoms with E-state index in [0.717, 1.165) is 0 Å². The van der Waals surface area contributed by atoms with Gasteiger partial charge in [-0.1, -0.05) is 0 Å². The maximum Gasteiger partial charge on any atom is 0.329 e. The Hall–Kier alpha value is -2.28. The predicted octanol–water partition coefficient (Wildman–Crippen LogP) is 0.270. The number of carboxylic acids is 2. The Morgan fingerprint density at radius 1 is 0.882 bits per heavy atom. The number of carbonyl (C=O) groups is 2. The van der Waals surface area contributed by atoms with Crippen molar-refractivity contribution >= 4 is 11.9 Å². The van der Waals surface area contributed by atoms with Crippen LogP contribution >= 0.6 is 0 Å². The molecule has 0 aliphatic carbocycles. The summed E-state index contributed by atoms with van der Waals surface area (Å²) in [6.07, 6.45) is 0. The maximum absolute atomic E-state index is 9.66. The van der Waals surface area contributed by atoms with Crippen molar-refractivity contribution in [2.75, 3.05) is 13.2 Å². The monoisotopic (exact) mass is 244 g/mol. The maximum atomic E-state index is 9.66. The smallest absolute Gasteiger partial charge is 0.329 e. The van der Waals surface area contributed by atoms with E-state index in [1.54, 1.807) is 0 Å². The van der Waals surface area contributed by atoms with Crippen molar-refractivity contribution < 1.29 is 34.8 Å². The van der Waals surface area contributed by atoms with Crippen molar-refractivity contribution in [3.63, 3.8) is 0 Å². The van der Waals surface area contributed by atoms with E-state index in [-0.39, 0.29) is 11.5 Å². The van der Waals surface area contributed by atoms with Gasteiger partial charge in [0.15, 0.2) is 0 Å². The molecule has 0 heterocycles. The van der Waals surface area contributed by atoms with Crippen molar-refractivity contribution in [2.24, 2.45) is 0 Å². The molecule has 94 valence electrons. The number of phenolic OH excluding ortho intramolecular Hbond substituents is 2. The molecule has 1 aromatic carbocycles. The molecule has 0 aliphatic heterocycles. The van der Waals surface area contributed by atoms with Gasteiger partial charge in [-0.15, -0.1) is 0 Å². The van der Waals surface area contributed by atoms with Crippen LogP contribution in [0.25, 0.3) is 0 Å². The fourth-order valence-electron chi connectivity index (χ4n) is 0.678. The molecule has 0 saturated carbocycles. The highest BCUT2D eigenvalue weighted by Crippen LogP contribution is 2.13. The summed E-state index contributed by atoms with van der Waals surface area (Å²) in [5, 5.41) is 33.1. The fraction of sp³-hybridized carbons (Fsp3) is 0.200. The predicted molar refractivity (Wildman–Crippen MR) is 55.9 cm³/mol. The van der Waals surface area contributed by atoms with E-state index in [2.05, 4.69) is 4.74 Å². The third-order valence-corrected chi connectivity index (χ3v) is 1.30. The van der Waals surface area contributed by atoms with Gasteiger partial charge in [0.2, 0.25) is 0 Å². The van der Waals surface area contributed by atoms with Gasteiger partial charge in [-0.2, -0.15) is 0 Å². The summed E-state index contributed by atoms with van der Waals surface area (Å²) in [7, 11) is 0. The molecule has 7 nitrogen and oxygen atoms in total. The summed E-state index contributed by atoms with van der Waals surface area (Å²) in [6, 6.07) is 5.70. The average molecular weight is 244 g/mol. The van der Waals surface area contributed by atoms with E-state index >= 15 is 0 Å². The van der Waals surface area contributed by atoms with Crippen molar-refractivity contribution in [3.05, 3.63) is 24.3 Å². The molecule has 4 N–H and O–H groups in total. The zero-order valence-electron chi connectivity index (χ0n) is 8.74. The van der Waals surface area contributed by atoms with E-state index in [9.17, 15) is 9.59 Å². The van der Waals surface area contributed by atoms with Gasteiger partial charge in [0.1, 0.15) is 24.7 Å². The van der Waals surface area contributed by atoms with Crippen molar-refractivity contribution in [3.8, 4) is 11.5 Å². The van der Waals surface area contributed by atoms with Crippen LogP contribution in [0.5, 0.6) is 11.5 Å². The van der Waals surface area contributed by atoms with Crippen LogP contribution < -0.4 is 0 Å². The van der Waals surface area contributed by atoms with E-state index < -0.39 is 25.2 Å². The van der Waals surface area contributed by atoms with Gasteiger partial charge < -0.3 is 25.2 Å². The van der Waals surface area contributed by atoms with Gasteiger partial charge in [0.25, 0.3) is 0 Å². The zero-order chi connectivity index (χ0) is 13.3. The largest absolute Gasteiger partial charge is 0.508 e. The number of hydrogen-bond acceptors (Lipinski definition) is 5. The Balaban J connectivity index is 0.000000302. The van der Waals surface area contributed by atoms with Gasteiger partial charge in [-0.05, 0) is 24.3 Å². The molecule has 0 atom stereocenters. The molecule has 17 heavy (non-hydrogen) atoms. The summed E-state index contributed by atoms with van der Waals surface area (Å²) < 4.78 is 4.16. The highest BCUT2D eigenvalue weighted by molar-refractivity contribution is 5.70. The molecule has 0 saturated heterocycles. The molecule has 0 unspecified atom stereocenters. The highest BCUT2D eigenvalue weighted by Gasteiger charge is 1.99. The van der Waals surface area contributed by atoms with Crippen molar-refractivity contribution in [1.82, 2.24) is 0 Å². The molecular weight excluding hydrogens is 232 g/mol. The first-order valence-electron chi connectivity index (χ1n) is 4.41. The molecule has 0 spiro atoms. The van der Waals surface area contributed by atoms with E-state index in [0.29, 0.717) is 0 Å². The van der Waals surface area contributed by atoms with Crippen molar-refractivity contribution in [2.45, 2.75) is 0 Å². The minimum Gasteiger partial charge on any atom is -0.508 e. The Morgan fingerprint density at radius 2 is 1.18 bits per heavy atom. The zero-order valence-corrected chi connectivity index (χ0v) is 8.74. The molecule has 0 radical (unpaired) electrons. The number of rotatable bonds is 4. The first-order valence-corrected chi connectivity index (χ1v) is 4.41. The molecular formula is C10H12O7. The van der Waals surface area contributed by atoms with Crippen LogP contribution in [0.1, 0.15) is 0 Å². The summed E-state index contributed by atoms with van der Waals surface area (Å²) in [5.41, 5.74) is 0. The standard InChI is InChI=1S/C6H6O2.C4H6O5/c7-5-1-2-6(8)4-3-5;5-3(6)1-9-2-4(7)8/h1-4,7-8H;1-2H2,(H,5,6)(H,7,8). The third-order valence-electron chi connectivity index (χ3n) is 1.30. The fourth-order valence-corrected chi connectivity index (χ4v) is 0.678. The van der Waals surface area contributed by atoms with Crippen LogP contribution in [0.4, 0.5) is 0 Å². The Labute approximate surface area is 96.5 Å². The second-order valence-electron chi connectivity index (χ2n) is 2.80. The second kappa shape index (κ2) is 7.94. The number of ether oxygens (including phenoxy) is 1. The topological polar surface area (TPSA) is 124 Å². The molecule has 0 bridgehead atoms. The second-order valence-corrected chi connectivity index (χ2v) is 2.80. The van der Waals surface area contributed by atoms with Crippen LogP contribution in [0.15, 0.2) is 24.3 Å². The Kier molecular flexibility index (Phi) is 6.88. The minimum absolute atomic E-state index is 0.169. The van der Waals surface area contributed by atoms with Gasteiger partial charge in [0.05, 0.1) is 0 Å². The number of phenols is 2. The van der Waals surface area contributed by atoms with Gasteiger partial charge in [-0.3, -0.25) is 0 Å². The SMILES string of the molecule is O=C(O)COCC(=O)O.Oc1ccc(O)cc1. The van der Waals surface area contributed by atoms with E-state index in [4.69, 9.17) is 20.4 Å². The lowest BCUT2D eigenvalue weighted by Gasteiger charge is -1.92. The summed E-state index contributed by atoms with van der Waals surface area (Å²) in [5.74, 6) is -2.00. The molecule has 7 heteroatoms. The first-order chi connectivity index (χ1) is 7.91. The number of aromatic hydroxyl groups is 2. The van der Waals surface area contributed by atoms with Crippen LogP contribution in [-0.2, 0) is 14.3 Å². The van der Waals surface area contributed by atoms with Crippen LogP contribution in [0.2, 0.25) is 0 Å². The molecule has 0 fully saturated rings. The molecule has 0 aromatic heterocycles. The van der Waals surface area contributed by atoms with Crippen molar-refractivity contribution in [1.29, 1.82) is 0 Å². The Morgan fingerprint density at radius 3 is 1.41 bits per heavy atom. The summed E-state index contributed by atoms with van der Waals surface area (Å²) in [4.78, 5) is 19.3. The normalized spacial score (nSPS) is 8.94. The summed E-state index contributed by atoms with van der Waals surface area (Å²) >= 11 is 0. The molecule has 0 amide bonds. The molecule has 1 aromatic rings. The third kappa shape index (κ3) is 10.0. The average Bonchev–Trinajstić information content (AvgIpc) is 2.22. The number of benzene rings is 1. The van der Waals surface area contributed by atoms with Gasteiger partial charge in [-0.25, -0.2) is 9.59 Å². The van der Waals surface area contributed by atoms with E-state index in [1.807, 2.05) is 0 Å². The van der Waals surface area contributed by atoms with E-state index in [1.165, 1.54) is 24.3 Å². The first kappa shape index (κ1) is 14.7. The lowest BCUT2D eigenvalue weighted by Crippen LogP contribution is -2.13. The molecule has 0 aliphatic rings. The van der Waals surface area contributed by atoms with Crippen LogP contribution in [0.3, 0.4) is 0 Å². The highest BCUT2D eigenvalue weighted by atomic mass is 16.5. The Bertz CT molecular complexity index is 322. The lowest BCUT2D eigenvalue weighted by atomic mass is 10.3. The number of hydrogen-bond donors (Lipinski definition) is 4. The quantitative estimate of drug-likeness (QED) is 0.560. The summed E-state index contributed by atoms with van der Waals surface area (Å²) in [6.45, 7) is -1.13. The molecule has 1 rings (SSSR count). The number of aliphatic carboxylic acids is 2. The van der Waals surface area contributed by atoms with Gasteiger partial charge in [0, 0.05) is 0 Å². The van der Waals surface area contributed by atoms with Crippen LogP contribution in [0, 0.1) is 0 Å². The number of carboxylic acid groups (broad SMARTS) is 2. The van der Waals surface area contributed by atoms with Gasteiger partial charge >= 0.3 is 11.9 Å². The minimum atomic E-state index is -1.17. The lowest BCUT2D eigenvalue weighted by molar-refractivity contribution is -0.148.